The van der Waals surface area contributed by atoms with E-state index < -0.39 is 37.1 Å². The lowest BCUT2D eigenvalue weighted by Crippen LogP contribution is -2.48. The molecule has 0 bridgehead atoms. The summed E-state index contributed by atoms with van der Waals surface area (Å²) in [6.45, 7) is 3.78. The Morgan fingerprint density at radius 3 is 2.50 bits per heavy atom. The molecule has 0 radical (unpaired) electrons. The standard InChI is InChI=1S/C28H35F3N4O5/c1-18-15-35(19(2)17-36)26(38)14-20-13-22(32-25(37)11-12-28(29,30)31)9-10-23(20)40-24(18)16-34(3)27(39)33-21-7-5-4-6-8-21/h4-10,13,18-19,24,36H,11-12,14-17H2,1-3H3,(H,32,37)(H,33,39)/t18-,19+,24+/m0/s1. The molecule has 40 heavy (non-hydrogen) atoms. The minimum absolute atomic E-state index is 0.115. The number of aliphatic hydroxyl groups is 1. The van der Waals surface area contributed by atoms with Crippen molar-refractivity contribution < 1.29 is 37.4 Å². The summed E-state index contributed by atoms with van der Waals surface area (Å²) in [4.78, 5) is 41.2. The molecule has 3 N–H and O–H groups in total. The molecule has 1 heterocycles. The van der Waals surface area contributed by atoms with Gasteiger partial charge in [-0.3, -0.25) is 9.59 Å². The first-order valence-corrected chi connectivity index (χ1v) is 13.0. The predicted molar refractivity (Wildman–Crippen MR) is 144 cm³/mol. The first kappa shape index (κ1) is 30.7. The zero-order chi connectivity index (χ0) is 29.4. The molecule has 218 valence electrons. The van der Waals surface area contributed by atoms with Crippen molar-refractivity contribution in [3.63, 3.8) is 0 Å². The van der Waals surface area contributed by atoms with Crippen LogP contribution in [0.4, 0.5) is 29.3 Å². The summed E-state index contributed by atoms with van der Waals surface area (Å²) >= 11 is 0. The summed E-state index contributed by atoms with van der Waals surface area (Å²) < 4.78 is 43.9. The third kappa shape index (κ3) is 8.87. The molecular formula is C28H35F3N4O5. The lowest BCUT2D eigenvalue weighted by atomic mass is 10.0. The van der Waals surface area contributed by atoms with Crippen LogP contribution in [-0.4, -0.2) is 77.8 Å². The van der Waals surface area contributed by atoms with Crippen LogP contribution in [0.15, 0.2) is 48.5 Å². The highest BCUT2D eigenvalue weighted by Gasteiger charge is 2.32. The van der Waals surface area contributed by atoms with Crippen molar-refractivity contribution in [2.75, 3.05) is 37.4 Å². The zero-order valence-electron chi connectivity index (χ0n) is 22.7. The molecule has 0 saturated heterocycles. The Morgan fingerprint density at radius 2 is 1.85 bits per heavy atom. The number of nitrogens with one attached hydrogen (secondary N) is 2. The number of carbonyl (C=O) groups excluding carboxylic acids is 3. The van der Waals surface area contributed by atoms with E-state index in [2.05, 4.69) is 10.6 Å². The first-order chi connectivity index (χ1) is 18.9. The van der Waals surface area contributed by atoms with Crippen LogP contribution < -0.4 is 15.4 Å². The van der Waals surface area contributed by atoms with Gasteiger partial charge in [0.1, 0.15) is 11.9 Å². The van der Waals surface area contributed by atoms with Gasteiger partial charge in [0.2, 0.25) is 11.8 Å². The molecule has 2 aromatic rings. The third-order valence-corrected chi connectivity index (χ3v) is 6.66. The van der Waals surface area contributed by atoms with Crippen molar-refractivity contribution in [2.45, 2.75) is 51.4 Å². The molecule has 0 aliphatic carbocycles. The van der Waals surface area contributed by atoms with E-state index >= 15 is 0 Å². The van der Waals surface area contributed by atoms with Gasteiger partial charge in [-0.05, 0) is 37.3 Å². The second kappa shape index (κ2) is 13.5. The van der Waals surface area contributed by atoms with Crippen molar-refractivity contribution in [1.29, 1.82) is 0 Å². The second-order valence-electron chi connectivity index (χ2n) is 10.1. The maximum atomic E-state index is 13.3. The summed E-state index contributed by atoms with van der Waals surface area (Å²) in [6, 6.07) is 12.7. The summed E-state index contributed by atoms with van der Waals surface area (Å²) in [5.74, 6) is -0.984. The molecule has 2 aromatic carbocycles. The number of anilines is 2. The van der Waals surface area contributed by atoms with Crippen molar-refractivity contribution >= 4 is 29.2 Å². The van der Waals surface area contributed by atoms with Crippen LogP contribution >= 0.6 is 0 Å². The average molecular weight is 565 g/mol. The number of rotatable bonds is 8. The molecule has 3 atom stereocenters. The largest absolute Gasteiger partial charge is 0.488 e. The molecule has 0 saturated carbocycles. The number of halogens is 3. The number of benzene rings is 2. The van der Waals surface area contributed by atoms with Gasteiger partial charge in [-0.1, -0.05) is 25.1 Å². The lowest BCUT2D eigenvalue weighted by Gasteiger charge is -2.34. The van der Waals surface area contributed by atoms with E-state index in [9.17, 15) is 32.7 Å². The monoisotopic (exact) mass is 564 g/mol. The zero-order valence-corrected chi connectivity index (χ0v) is 22.7. The van der Waals surface area contributed by atoms with Gasteiger partial charge in [-0.25, -0.2) is 4.79 Å². The van der Waals surface area contributed by atoms with Gasteiger partial charge in [0.05, 0.1) is 32.0 Å². The summed E-state index contributed by atoms with van der Waals surface area (Å²) in [7, 11) is 1.63. The van der Waals surface area contributed by atoms with Gasteiger partial charge < -0.3 is 30.3 Å². The Kier molecular flexibility index (Phi) is 10.4. The van der Waals surface area contributed by atoms with Crippen molar-refractivity contribution in [2.24, 2.45) is 5.92 Å². The fraction of sp³-hybridized carbons (Fsp3) is 0.464. The number of alkyl halides is 3. The highest BCUT2D eigenvalue weighted by atomic mass is 19.4. The Morgan fingerprint density at radius 1 is 1.15 bits per heavy atom. The van der Waals surface area contributed by atoms with Crippen molar-refractivity contribution in [1.82, 2.24) is 9.80 Å². The molecule has 3 rings (SSSR count). The number of para-hydroxylation sites is 1. The fourth-order valence-corrected chi connectivity index (χ4v) is 4.30. The minimum Gasteiger partial charge on any atom is -0.488 e. The number of hydrogen-bond acceptors (Lipinski definition) is 5. The summed E-state index contributed by atoms with van der Waals surface area (Å²) in [6.07, 6.45) is -7.10. The van der Waals surface area contributed by atoms with Crippen LogP contribution in [0.5, 0.6) is 5.75 Å². The number of nitrogens with zero attached hydrogens (tertiary/aromatic N) is 2. The van der Waals surface area contributed by atoms with Crippen LogP contribution in [0.2, 0.25) is 0 Å². The molecule has 0 unspecified atom stereocenters. The van der Waals surface area contributed by atoms with Gasteiger partial charge in [0, 0.05) is 42.9 Å². The van der Waals surface area contributed by atoms with E-state index in [0.717, 1.165) is 0 Å². The van der Waals surface area contributed by atoms with Crippen LogP contribution in [0, 0.1) is 5.92 Å². The highest BCUT2D eigenvalue weighted by molar-refractivity contribution is 5.91. The molecule has 1 aliphatic rings. The van der Waals surface area contributed by atoms with Crippen LogP contribution in [0.3, 0.4) is 0 Å². The number of carbonyl (C=O) groups is 3. The maximum Gasteiger partial charge on any atom is 0.389 e. The molecule has 4 amide bonds. The third-order valence-electron chi connectivity index (χ3n) is 6.66. The number of fused-ring (bicyclic) bond motifs is 1. The highest BCUT2D eigenvalue weighted by Crippen LogP contribution is 2.30. The molecule has 0 fully saturated rings. The number of likely N-dealkylation sites (N-methyl/N-ethyl adjacent to an activating group) is 1. The van der Waals surface area contributed by atoms with Crippen molar-refractivity contribution in [3.8, 4) is 5.75 Å². The average Bonchev–Trinajstić information content (AvgIpc) is 2.94. The van der Waals surface area contributed by atoms with Gasteiger partial charge in [-0.15, -0.1) is 0 Å². The van der Waals surface area contributed by atoms with E-state index in [4.69, 9.17) is 4.74 Å². The first-order valence-electron chi connectivity index (χ1n) is 13.0. The molecular weight excluding hydrogens is 529 g/mol. The number of urea groups is 1. The lowest BCUT2D eigenvalue weighted by molar-refractivity contribution is -0.142. The minimum atomic E-state index is -4.45. The summed E-state index contributed by atoms with van der Waals surface area (Å²) in [5.41, 5.74) is 1.28. The Bertz CT molecular complexity index is 1180. The van der Waals surface area contributed by atoms with E-state index in [1.54, 1.807) is 49.2 Å². The Balaban J connectivity index is 1.84. The van der Waals surface area contributed by atoms with Gasteiger partial charge in [0.15, 0.2) is 0 Å². The van der Waals surface area contributed by atoms with E-state index in [1.807, 2.05) is 13.0 Å². The Labute approximate surface area is 231 Å². The van der Waals surface area contributed by atoms with E-state index in [0.29, 0.717) is 17.0 Å². The molecule has 9 nitrogen and oxygen atoms in total. The normalized spacial score (nSPS) is 18.4. The Hall–Kier alpha value is -3.80. The van der Waals surface area contributed by atoms with Crippen LogP contribution in [-0.2, 0) is 16.0 Å². The van der Waals surface area contributed by atoms with Gasteiger partial charge in [0.25, 0.3) is 0 Å². The number of amides is 4. The molecule has 12 heteroatoms. The van der Waals surface area contributed by atoms with Gasteiger partial charge in [-0.2, -0.15) is 13.2 Å². The number of ether oxygens (including phenoxy) is 1. The van der Waals surface area contributed by atoms with E-state index in [-0.39, 0.29) is 49.7 Å². The predicted octanol–water partition coefficient (Wildman–Crippen LogP) is 4.28. The molecule has 1 aliphatic heterocycles. The van der Waals surface area contributed by atoms with Gasteiger partial charge >= 0.3 is 12.2 Å². The topological polar surface area (TPSA) is 111 Å². The number of hydrogen-bond donors (Lipinski definition) is 3. The smallest absolute Gasteiger partial charge is 0.389 e. The fourth-order valence-electron chi connectivity index (χ4n) is 4.30. The second-order valence-corrected chi connectivity index (χ2v) is 10.1. The molecule has 0 aromatic heterocycles. The SMILES string of the molecule is C[C@H](CO)N1C[C@H](C)[C@@H](CN(C)C(=O)Nc2ccccc2)Oc2ccc(NC(=O)CCC(F)(F)F)cc2CC1=O. The quantitative estimate of drug-likeness (QED) is 0.443. The van der Waals surface area contributed by atoms with Crippen LogP contribution in [0.25, 0.3) is 0 Å². The van der Waals surface area contributed by atoms with Crippen LogP contribution in [0.1, 0.15) is 32.3 Å². The number of aliphatic hydroxyl groups excluding tert-OH is 1. The summed E-state index contributed by atoms with van der Waals surface area (Å²) in [5, 5.41) is 15.0. The molecule has 0 spiro atoms. The van der Waals surface area contributed by atoms with E-state index in [1.165, 1.54) is 17.0 Å². The van der Waals surface area contributed by atoms with Crippen molar-refractivity contribution in [3.05, 3.63) is 54.1 Å². The maximum absolute atomic E-state index is 13.3.